The van der Waals surface area contributed by atoms with Gasteiger partial charge >= 0.3 is 5.97 Å². The first-order valence-corrected chi connectivity index (χ1v) is 8.29. The van der Waals surface area contributed by atoms with Gasteiger partial charge in [-0.2, -0.15) is 0 Å². The van der Waals surface area contributed by atoms with E-state index in [1.807, 2.05) is 24.3 Å². The van der Waals surface area contributed by atoms with Crippen molar-refractivity contribution in [1.82, 2.24) is 5.32 Å². The predicted octanol–water partition coefficient (Wildman–Crippen LogP) is 3.74. The number of aromatic carboxylic acids is 1. The third kappa shape index (κ3) is 5.33. The zero-order valence-corrected chi connectivity index (χ0v) is 14.0. The predicted molar refractivity (Wildman–Crippen MR) is 89.0 cm³/mol. The summed E-state index contributed by atoms with van der Waals surface area (Å²) >= 11 is 7.38. The molecule has 1 amide bonds. The molecule has 5 nitrogen and oxygen atoms in total. The highest BCUT2D eigenvalue weighted by atomic mass is 35.5. The van der Waals surface area contributed by atoms with E-state index >= 15 is 0 Å². The van der Waals surface area contributed by atoms with Crippen molar-refractivity contribution in [2.45, 2.75) is 24.8 Å². The van der Waals surface area contributed by atoms with E-state index in [2.05, 4.69) is 5.32 Å². The summed E-state index contributed by atoms with van der Waals surface area (Å²) in [6, 6.07) is 8.86. The second-order valence-electron chi connectivity index (χ2n) is 4.82. The van der Waals surface area contributed by atoms with E-state index < -0.39 is 5.97 Å². The molecule has 23 heavy (non-hydrogen) atoms. The van der Waals surface area contributed by atoms with Crippen LogP contribution in [0.25, 0.3) is 0 Å². The highest BCUT2D eigenvalue weighted by Gasteiger charge is 2.14. The first-order chi connectivity index (χ1) is 11.0. The van der Waals surface area contributed by atoms with Gasteiger partial charge in [-0.15, -0.1) is 11.8 Å². The molecule has 0 spiro atoms. The van der Waals surface area contributed by atoms with Crippen LogP contribution >= 0.6 is 23.4 Å². The Morgan fingerprint density at radius 2 is 2.00 bits per heavy atom. The lowest BCUT2D eigenvalue weighted by Gasteiger charge is -2.04. The van der Waals surface area contributed by atoms with Gasteiger partial charge in [-0.05, 0) is 37.3 Å². The number of hydrogen-bond donors (Lipinski definition) is 2. The highest BCUT2D eigenvalue weighted by molar-refractivity contribution is 7.99. The van der Waals surface area contributed by atoms with Crippen molar-refractivity contribution >= 4 is 35.2 Å². The standard InChI is InChI=1S/C16H16ClNO4S/c1-10-14(16(20)21)8-12(22-10)9-18-15(19)6-7-23-13-4-2-11(17)3-5-13/h2-5,8H,6-7,9H2,1H3,(H,18,19)(H,20,21). The maximum Gasteiger partial charge on any atom is 0.339 e. The second kappa shape index (κ2) is 8.08. The van der Waals surface area contributed by atoms with Gasteiger partial charge in [0.05, 0.1) is 6.54 Å². The number of hydrogen-bond acceptors (Lipinski definition) is 4. The third-order valence-corrected chi connectivity index (χ3v) is 4.34. The van der Waals surface area contributed by atoms with E-state index in [0.29, 0.717) is 28.7 Å². The molecular formula is C16H16ClNO4S. The van der Waals surface area contributed by atoms with Gasteiger partial charge in [-0.25, -0.2) is 4.79 Å². The molecule has 0 fully saturated rings. The quantitative estimate of drug-likeness (QED) is 0.741. The van der Waals surface area contributed by atoms with Crippen LogP contribution < -0.4 is 5.32 Å². The number of benzene rings is 1. The fourth-order valence-corrected chi connectivity index (χ4v) is 2.89. The van der Waals surface area contributed by atoms with Crippen LogP contribution in [-0.2, 0) is 11.3 Å². The first kappa shape index (κ1) is 17.4. The minimum absolute atomic E-state index is 0.114. The smallest absolute Gasteiger partial charge is 0.339 e. The van der Waals surface area contributed by atoms with Crippen molar-refractivity contribution in [3.63, 3.8) is 0 Å². The summed E-state index contributed by atoms with van der Waals surface area (Å²) in [5, 5.41) is 12.3. The summed E-state index contributed by atoms with van der Waals surface area (Å²) in [5.41, 5.74) is 0.118. The average molecular weight is 354 g/mol. The molecule has 1 aromatic heterocycles. The van der Waals surface area contributed by atoms with Crippen molar-refractivity contribution in [2.24, 2.45) is 0 Å². The Balaban J connectivity index is 1.73. The van der Waals surface area contributed by atoms with Crippen LogP contribution in [0.3, 0.4) is 0 Å². The summed E-state index contributed by atoms with van der Waals surface area (Å²) in [4.78, 5) is 23.7. The Bertz CT molecular complexity index is 697. The van der Waals surface area contributed by atoms with E-state index in [-0.39, 0.29) is 18.0 Å². The molecule has 1 heterocycles. The van der Waals surface area contributed by atoms with Crippen molar-refractivity contribution in [1.29, 1.82) is 0 Å². The summed E-state index contributed by atoms with van der Waals surface area (Å²) in [5.74, 6) is 0.254. The molecule has 2 aromatic rings. The second-order valence-corrected chi connectivity index (χ2v) is 6.42. The minimum atomic E-state index is -1.04. The van der Waals surface area contributed by atoms with Gasteiger partial charge in [0.1, 0.15) is 17.1 Å². The molecule has 0 saturated carbocycles. The molecule has 0 saturated heterocycles. The molecule has 1 aromatic carbocycles. The molecule has 0 unspecified atom stereocenters. The minimum Gasteiger partial charge on any atom is -0.478 e. The van der Waals surface area contributed by atoms with Gasteiger partial charge < -0.3 is 14.8 Å². The third-order valence-electron chi connectivity index (χ3n) is 3.07. The van der Waals surface area contributed by atoms with Gasteiger partial charge in [-0.1, -0.05) is 11.6 Å². The van der Waals surface area contributed by atoms with Gasteiger partial charge in [0.25, 0.3) is 0 Å². The molecule has 2 rings (SSSR count). The highest BCUT2D eigenvalue weighted by Crippen LogP contribution is 2.21. The Hall–Kier alpha value is -1.92. The number of nitrogens with one attached hydrogen (secondary N) is 1. The molecule has 7 heteroatoms. The van der Waals surface area contributed by atoms with Gasteiger partial charge in [0.2, 0.25) is 5.91 Å². The molecule has 0 radical (unpaired) electrons. The van der Waals surface area contributed by atoms with Crippen LogP contribution in [-0.4, -0.2) is 22.7 Å². The normalized spacial score (nSPS) is 10.5. The van der Waals surface area contributed by atoms with Gasteiger partial charge in [0, 0.05) is 22.1 Å². The fraction of sp³-hybridized carbons (Fsp3) is 0.250. The topological polar surface area (TPSA) is 79.5 Å². The van der Waals surface area contributed by atoms with Crippen LogP contribution in [0.5, 0.6) is 0 Å². The number of rotatable bonds is 7. The Labute approximate surface area is 143 Å². The van der Waals surface area contributed by atoms with Crippen molar-refractivity contribution in [3.8, 4) is 0 Å². The summed E-state index contributed by atoms with van der Waals surface area (Å²) in [6.45, 7) is 1.76. The Morgan fingerprint density at radius 1 is 1.30 bits per heavy atom. The van der Waals surface area contributed by atoms with Crippen LogP contribution in [0.2, 0.25) is 5.02 Å². The molecule has 0 aliphatic carbocycles. The number of aryl methyl sites for hydroxylation is 1. The number of carbonyl (C=O) groups excluding carboxylic acids is 1. The molecule has 0 aliphatic heterocycles. The van der Waals surface area contributed by atoms with Gasteiger partial charge in [-0.3, -0.25) is 4.79 Å². The van der Waals surface area contributed by atoms with Crippen molar-refractivity contribution in [2.75, 3.05) is 5.75 Å². The lowest BCUT2D eigenvalue weighted by Crippen LogP contribution is -2.22. The summed E-state index contributed by atoms with van der Waals surface area (Å²) in [6.07, 6.45) is 0.360. The first-order valence-electron chi connectivity index (χ1n) is 6.93. The average Bonchev–Trinajstić information content (AvgIpc) is 2.88. The number of carboxylic acid groups (broad SMARTS) is 1. The molecule has 2 N–H and O–H groups in total. The Kier molecular flexibility index (Phi) is 6.12. The number of amides is 1. The van der Waals surface area contributed by atoms with Crippen molar-refractivity contribution in [3.05, 3.63) is 52.4 Å². The van der Waals surface area contributed by atoms with Crippen molar-refractivity contribution < 1.29 is 19.1 Å². The fourth-order valence-electron chi connectivity index (χ4n) is 1.91. The van der Waals surface area contributed by atoms with E-state index in [9.17, 15) is 9.59 Å². The zero-order valence-electron chi connectivity index (χ0n) is 12.5. The van der Waals surface area contributed by atoms with Crippen LogP contribution in [0.15, 0.2) is 39.6 Å². The monoisotopic (exact) mass is 353 g/mol. The molecule has 0 atom stereocenters. The van der Waals surface area contributed by atoms with E-state index in [4.69, 9.17) is 21.1 Å². The van der Waals surface area contributed by atoms with E-state index in [1.165, 1.54) is 6.07 Å². The van der Waals surface area contributed by atoms with E-state index in [1.54, 1.807) is 18.7 Å². The van der Waals surface area contributed by atoms with Crippen LogP contribution in [0, 0.1) is 6.92 Å². The number of carboxylic acids is 1. The maximum atomic E-state index is 11.8. The SMILES string of the molecule is Cc1oc(CNC(=O)CCSc2ccc(Cl)cc2)cc1C(=O)O. The zero-order chi connectivity index (χ0) is 16.8. The lowest BCUT2D eigenvalue weighted by molar-refractivity contribution is -0.120. The molecule has 0 bridgehead atoms. The number of thioether (sulfide) groups is 1. The lowest BCUT2D eigenvalue weighted by atomic mass is 10.2. The summed E-state index contributed by atoms with van der Waals surface area (Å²) in [7, 11) is 0. The molecule has 0 aliphatic rings. The largest absolute Gasteiger partial charge is 0.478 e. The number of carbonyl (C=O) groups is 2. The van der Waals surface area contributed by atoms with Crippen LogP contribution in [0.4, 0.5) is 0 Å². The Morgan fingerprint density at radius 3 is 2.61 bits per heavy atom. The van der Waals surface area contributed by atoms with Crippen LogP contribution in [0.1, 0.15) is 28.3 Å². The molecule has 122 valence electrons. The maximum absolute atomic E-state index is 11.8. The van der Waals surface area contributed by atoms with Gasteiger partial charge in [0.15, 0.2) is 0 Å². The summed E-state index contributed by atoms with van der Waals surface area (Å²) < 4.78 is 5.30. The number of halogens is 1. The number of furan rings is 1. The molecular weight excluding hydrogens is 338 g/mol. The van der Waals surface area contributed by atoms with E-state index in [0.717, 1.165) is 4.90 Å².